The molecule has 1 aliphatic heterocycles. The van der Waals surface area contributed by atoms with Gasteiger partial charge in [-0.1, -0.05) is 22.8 Å². The topological polar surface area (TPSA) is 68.5 Å². The maximum absolute atomic E-state index is 14.0. The van der Waals surface area contributed by atoms with Crippen molar-refractivity contribution in [2.75, 3.05) is 6.54 Å². The van der Waals surface area contributed by atoms with Crippen LogP contribution in [0.2, 0.25) is 5.02 Å². The molecular weight excluding hydrogens is 439 g/mol. The largest absolute Gasteiger partial charge is 0.382 e. The van der Waals surface area contributed by atoms with Gasteiger partial charge in [0.1, 0.15) is 5.82 Å². The third-order valence-electron chi connectivity index (χ3n) is 4.35. The first kappa shape index (κ1) is 19.8. The predicted molar refractivity (Wildman–Crippen MR) is 104 cm³/mol. The summed E-state index contributed by atoms with van der Waals surface area (Å²) in [4.78, 5) is 17.4. The Morgan fingerprint density at radius 2 is 2.26 bits per heavy atom. The monoisotopic (exact) mass is 456 g/mol. The van der Waals surface area contributed by atoms with E-state index >= 15 is 0 Å². The van der Waals surface area contributed by atoms with Crippen molar-refractivity contribution in [1.82, 2.24) is 15.1 Å². The van der Waals surface area contributed by atoms with Crippen LogP contribution in [-0.4, -0.2) is 34.0 Å². The van der Waals surface area contributed by atoms with Crippen molar-refractivity contribution in [2.24, 2.45) is 5.16 Å². The molecule has 0 fully saturated rings. The Morgan fingerprint density at radius 3 is 2.93 bits per heavy atom. The molecule has 0 spiro atoms. The first-order valence-electron chi connectivity index (χ1n) is 8.52. The Hall–Kier alpha value is -1.93. The van der Waals surface area contributed by atoms with E-state index in [1.54, 1.807) is 6.07 Å². The predicted octanol–water partition coefficient (Wildman–Crippen LogP) is 3.75. The molecule has 0 radical (unpaired) electrons. The van der Waals surface area contributed by atoms with Crippen molar-refractivity contribution < 1.29 is 14.0 Å². The second-order valence-electron chi connectivity index (χ2n) is 6.29. The number of aromatic nitrogens is 2. The Labute approximate surface area is 169 Å². The second-order valence-corrected chi connectivity index (χ2v) is 7.49. The standard InChI is InChI=1S/C18H19BrClFN4O2/c1-10-17(19)11(2)25(23-10)8-4-7-22-18(26)15-9-14(24-27-15)16-12(20)5-3-6-13(16)21/h3,5-6,15H,4,7-9H2,1-2H3,(H,22,26). The highest BCUT2D eigenvalue weighted by atomic mass is 79.9. The van der Waals surface area contributed by atoms with Crippen molar-refractivity contribution >= 4 is 39.1 Å². The molecule has 1 N–H and O–H groups in total. The first-order chi connectivity index (χ1) is 12.9. The molecular formula is C18H19BrClFN4O2. The van der Waals surface area contributed by atoms with Crippen LogP contribution in [0.5, 0.6) is 0 Å². The molecule has 1 unspecified atom stereocenters. The van der Waals surface area contributed by atoms with Crippen molar-refractivity contribution in [3.05, 3.63) is 50.5 Å². The van der Waals surface area contributed by atoms with E-state index in [1.807, 2.05) is 18.5 Å². The van der Waals surface area contributed by atoms with Crippen molar-refractivity contribution in [3.63, 3.8) is 0 Å². The molecule has 3 rings (SSSR count). The zero-order valence-corrected chi connectivity index (χ0v) is 17.3. The smallest absolute Gasteiger partial charge is 0.264 e. The number of hydrogen-bond donors (Lipinski definition) is 1. The fourth-order valence-corrected chi connectivity index (χ4v) is 3.44. The molecule has 0 aliphatic carbocycles. The van der Waals surface area contributed by atoms with Gasteiger partial charge in [0.2, 0.25) is 6.10 Å². The lowest BCUT2D eigenvalue weighted by Gasteiger charge is -2.10. The number of carbonyl (C=O) groups excluding carboxylic acids is 1. The number of aryl methyl sites for hydroxylation is 2. The van der Waals surface area contributed by atoms with Gasteiger partial charge in [0, 0.05) is 25.2 Å². The van der Waals surface area contributed by atoms with Crippen LogP contribution < -0.4 is 5.32 Å². The van der Waals surface area contributed by atoms with Crippen LogP contribution in [0.3, 0.4) is 0 Å². The number of hydrogen-bond acceptors (Lipinski definition) is 4. The van der Waals surface area contributed by atoms with Gasteiger partial charge in [0.05, 0.1) is 26.5 Å². The third-order valence-corrected chi connectivity index (χ3v) is 5.81. The molecule has 144 valence electrons. The second kappa shape index (κ2) is 8.39. The molecule has 0 bridgehead atoms. The minimum Gasteiger partial charge on any atom is -0.382 e. The van der Waals surface area contributed by atoms with Crippen LogP contribution in [0.1, 0.15) is 29.8 Å². The van der Waals surface area contributed by atoms with E-state index in [1.165, 1.54) is 12.1 Å². The number of rotatable bonds is 6. The number of amides is 1. The summed E-state index contributed by atoms with van der Waals surface area (Å²) in [6.07, 6.45) is 0.120. The van der Waals surface area contributed by atoms with Gasteiger partial charge < -0.3 is 10.2 Å². The van der Waals surface area contributed by atoms with E-state index < -0.39 is 11.9 Å². The highest BCUT2D eigenvalue weighted by Gasteiger charge is 2.30. The van der Waals surface area contributed by atoms with Gasteiger partial charge in [0.25, 0.3) is 5.91 Å². The van der Waals surface area contributed by atoms with Gasteiger partial charge in [0.15, 0.2) is 0 Å². The summed E-state index contributed by atoms with van der Waals surface area (Å²) in [7, 11) is 0. The first-order valence-corrected chi connectivity index (χ1v) is 9.70. The van der Waals surface area contributed by atoms with Crippen LogP contribution in [0.25, 0.3) is 0 Å². The normalized spacial score (nSPS) is 16.2. The molecule has 0 saturated heterocycles. The number of oxime groups is 1. The zero-order chi connectivity index (χ0) is 19.6. The summed E-state index contributed by atoms with van der Waals surface area (Å²) in [6, 6.07) is 4.39. The molecule has 1 aromatic heterocycles. The van der Waals surface area contributed by atoms with Crippen molar-refractivity contribution in [2.45, 2.75) is 39.3 Å². The summed E-state index contributed by atoms with van der Waals surface area (Å²) >= 11 is 9.53. The number of carbonyl (C=O) groups is 1. The molecule has 27 heavy (non-hydrogen) atoms. The number of nitrogens with zero attached hydrogens (tertiary/aromatic N) is 3. The number of nitrogens with one attached hydrogen (secondary N) is 1. The lowest BCUT2D eigenvalue weighted by molar-refractivity contribution is -0.131. The maximum Gasteiger partial charge on any atom is 0.264 e. The molecule has 1 aliphatic rings. The summed E-state index contributed by atoms with van der Waals surface area (Å²) in [5.74, 6) is -0.766. The van der Waals surface area contributed by atoms with Crippen molar-refractivity contribution in [3.8, 4) is 0 Å². The van der Waals surface area contributed by atoms with Crippen LogP contribution in [0.4, 0.5) is 4.39 Å². The molecule has 2 heterocycles. The molecule has 1 amide bonds. The van der Waals surface area contributed by atoms with Gasteiger partial charge in [-0.3, -0.25) is 9.48 Å². The average Bonchev–Trinajstić information content (AvgIpc) is 3.20. The number of halogens is 3. The molecule has 9 heteroatoms. The minimum atomic E-state index is -0.779. The Morgan fingerprint density at radius 1 is 1.48 bits per heavy atom. The van der Waals surface area contributed by atoms with Gasteiger partial charge in [-0.05, 0) is 48.3 Å². The van der Waals surface area contributed by atoms with E-state index in [0.29, 0.717) is 18.8 Å². The quantitative estimate of drug-likeness (QED) is 0.672. The lowest BCUT2D eigenvalue weighted by Crippen LogP contribution is -2.35. The molecule has 1 aromatic carbocycles. The summed E-state index contributed by atoms with van der Waals surface area (Å²) in [6.45, 7) is 5.09. The Kier molecular flexibility index (Phi) is 6.16. The third kappa shape index (κ3) is 4.32. The molecule has 2 aromatic rings. The van der Waals surface area contributed by atoms with E-state index in [0.717, 1.165) is 22.3 Å². The van der Waals surface area contributed by atoms with E-state index in [4.69, 9.17) is 16.4 Å². The SMILES string of the molecule is Cc1nn(CCCNC(=O)C2CC(c3c(F)cccc3Cl)=NO2)c(C)c1Br. The minimum absolute atomic E-state index is 0.177. The maximum atomic E-state index is 14.0. The fourth-order valence-electron chi connectivity index (χ4n) is 2.89. The highest BCUT2D eigenvalue weighted by molar-refractivity contribution is 9.10. The van der Waals surface area contributed by atoms with Crippen LogP contribution >= 0.6 is 27.5 Å². The fraction of sp³-hybridized carbons (Fsp3) is 0.389. The van der Waals surface area contributed by atoms with Crippen molar-refractivity contribution in [1.29, 1.82) is 0 Å². The van der Waals surface area contributed by atoms with Crippen LogP contribution in [-0.2, 0) is 16.2 Å². The summed E-state index contributed by atoms with van der Waals surface area (Å²) in [5.41, 5.74) is 2.51. The Balaban J connectivity index is 1.48. The van der Waals surface area contributed by atoms with Gasteiger partial charge in [-0.15, -0.1) is 0 Å². The summed E-state index contributed by atoms with van der Waals surface area (Å²) in [5, 5.41) is 11.3. The van der Waals surface area contributed by atoms with E-state index in [-0.39, 0.29) is 22.9 Å². The summed E-state index contributed by atoms with van der Waals surface area (Å²) < 4.78 is 16.9. The zero-order valence-electron chi connectivity index (χ0n) is 14.9. The molecule has 1 atom stereocenters. The number of benzene rings is 1. The Bertz CT molecular complexity index is 879. The van der Waals surface area contributed by atoms with E-state index in [9.17, 15) is 9.18 Å². The van der Waals surface area contributed by atoms with E-state index in [2.05, 4.69) is 31.5 Å². The van der Waals surface area contributed by atoms with Crippen LogP contribution in [0, 0.1) is 19.7 Å². The van der Waals surface area contributed by atoms with Gasteiger partial charge in [-0.25, -0.2) is 4.39 Å². The van der Waals surface area contributed by atoms with Gasteiger partial charge >= 0.3 is 0 Å². The lowest BCUT2D eigenvalue weighted by atomic mass is 10.0. The average molecular weight is 458 g/mol. The van der Waals surface area contributed by atoms with Crippen LogP contribution in [0.15, 0.2) is 27.8 Å². The molecule has 6 nitrogen and oxygen atoms in total. The molecule has 0 saturated carbocycles. The van der Waals surface area contributed by atoms with Gasteiger partial charge in [-0.2, -0.15) is 5.10 Å². The highest BCUT2D eigenvalue weighted by Crippen LogP contribution is 2.25.